The number of hydrogen-bond acceptors (Lipinski definition) is 6. The van der Waals surface area contributed by atoms with Crippen molar-refractivity contribution >= 4 is 33.5 Å². The van der Waals surface area contributed by atoms with E-state index in [1.54, 1.807) is 12.1 Å². The molecule has 3 aromatic carbocycles. The molecule has 37 heavy (non-hydrogen) atoms. The van der Waals surface area contributed by atoms with Gasteiger partial charge in [-0.05, 0) is 53.9 Å². The molecule has 0 aliphatic carbocycles. The number of halogens is 1. The zero-order valence-electron chi connectivity index (χ0n) is 20.5. The van der Waals surface area contributed by atoms with Crippen LogP contribution in [0.4, 0.5) is 0 Å². The quantitative estimate of drug-likeness (QED) is 0.353. The van der Waals surface area contributed by atoms with Crippen LogP contribution in [0.2, 0.25) is 5.02 Å². The molecule has 0 bridgehead atoms. The molecule has 0 radical (unpaired) electrons. The number of benzene rings is 3. The van der Waals surface area contributed by atoms with E-state index in [-0.39, 0.29) is 17.0 Å². The van der Waals surface area contributed by atoms with Crippen LogP contribution in [-0.4, -0.2) is 49.5 Å². The maximum atomic E-state index is 13.8. The second-order valence-corrected chi connectivity index (χ2v) is 10.6. The predicted octanol–water partition coefficient (Wildman–Crippen LogP) is 3.95. The molecule has 0 spiro atoms. The highest BCUT2D eigenvalue weighted by Gasteiger charge is 2.32. The summed E-state index contributed by atoms with van der Waals surface area (Å²) in [6, 6.07) is 20.2. The number of sulfonamides is 1. The summed E-state index contributed by atoms with van der Waals surface area (Å²) >= 11 is 5.98. The van der Waals surface area contributed by atoms with Gasteiger partial charge < -0.3 is 15.2 Å². The van der Waals surface area contributed by atoms with Crippen LogP contribution in [-0.2, 0) is 26.1 Å². The molecule has 1 amide bonds. The minimum Gasteiger partial charge on any atom is -0.467 e. The highest BCUT2D eigenvalue weighted by molar-refractivity contribution is 7.89. The zero-order valence-corrected chi connectivity index (χ0v) is 22.1. The second-order valence-electron chi connectivity index (χ2n) is 8.27. The lowest BCUT2D eigenvalue weighted by Gasteiger charge is -2.31. The zero-order chi connectivity index (χ0) is 27.0. The van der Waals surface area contributed by atoms with Crippen molar-refractivity contribution in [3.8, 4) is 0 Å². The molecule has 2 atom stereocenters. The van der Waals surface area contributed by atoms with Gasteiger partial charge in [0.2, 0.25) is 10.0 Å². The van der Waals surface area contributed by atoms with E-state index >= 15 is 0 Å². The summed E-state index contributed by atoms with van der Waals surface area (Å²) in [5.41, 5.74) is 1.76. The predicted molar refractivity (Wildman–Crippen MR) is 140 cm³/mol. The van der Waals surface area contributed by atoms with Crippen LogP contribution in [0.1, 0.15) is 40.9 Å². The van der Waals surface area contributed by atoms with Crippen molar-refractivity contribution < 1.29 is 27.9 Å². The maximum absolute atomic E-state index is 13.8. The first-order chi connectivity index (χ1) is 17.7. The fourth-order valence-electron chi connectivity index (χ4n) is 3.89. The average Bonchev–Trinajstić information content (AvgIpc) is 2.92. The Morgan fingerprint density at radius 3 is 2.16 bits per heavy atom. The van der Waals surface area contributed by atoms with Crippen LogP contribution in [0.15, 0.2) is 83.8 Å². The first-order valence-corrected chi connectivity index (χ1v) is 13.4. The Balaban J connectivity index is 1.92. The van der Waals surface area contributed by atoms with Gasteiger partial charge in [-0.15, -0.1) is 0 Å². The molecule has 8 nitrogen and oxygen atoms in total. The number of amides is 1. The fourth-order valence-corrected chi connectivity index (χ4v) is 5.69. The van der Waals surface area contributed by atoms with E-state index in [1.807, 2.05) is 37.3 Å². The molecule has 0 aromatic heterocycles. The molecular formula is C27H29ClN2O6S. The van der Waals surface area contributed by atoms with Gasteiger partial charge in [-0.2, -0.15) is 4.31 Å². The molecule has 196 valence electrons. The minimum atomic E-state index is -3.92. The highest BCUT2D eigenvalue weighted by Crippen LogP contribution is 2.32. The molecule has 0 aliphatic rings. The SMILES string of the molecule is CCC(c1ccccc1)N(Cc1ccc(C(=O)NC(CO)C(=O)OC)cc1)S(=O)(=O)c1ccc(Cl)cc1. The summed E-state index contributed by atoms with van der Waals surface area (Å²) in [4.78, 5) is 24.3. The van der Waals surface area contributed by atoms with Gasteiger partial charge in [0.05, 0.1) is 24.7 Å². The summed E-state index contributed by atoms with van der Waals surface area (Å²) < 4.78 is 33.6. The summed E-state index contributed by atoms with van der Waals surface area (Å²) in [5.74, 6) is -1.33. The van der Waals surface area contributed by atoms with E-state index < -0.39 is 40.6 Å². The van der Waals surface area contributed by atoms with Crippen LogP contribution in [0.5, 0.6) is 0 Å². The third-order valence-corrected chi connectivity index (χ3v) is 7.99. The second kappa shape index (κ2) is 12.8. The van der Waals surface area contributed by atoms with E-state index in [4.69, 9.17) is 11.6 Å². The fraction of sp³-hybridized carbons (Fsp3) is 0.259. The van der Waals surface area contributed by atoms with Gasteiger partial charge in [0, 0.05) is 17.1 Å². The first kappa shape index (κ1) is 28.3. The lowest BCUT2D eigenvalue weighted by Crippen LogP contribution is -2.44. The maximum Gasteiger partial charge on any atom is 0.330 e. The molecule has 0 fully saturated rings. The van der Waals surface area contributed by atoms with Crippen molar-refractivity contribution in [3.63, 3.8) is 0 Å². The van der Waals surface area contributed by atoms with Crippen LogP contribution >= 0.6 is 11.6 Å². The monoisotopic (exact) mass is 544 g/mol. The van der Waals surface area contributed by atoms with Crippen molar-refractivity contribution in [1.82, 2.24) is 9.62 Å². The van der Waals surface area contributed by atoms with Crippen molar-refractivity contribution in [3.05, 3.63) is 101 Å². The summed E-state index contributed by atoms with van der Waals surface area (Å²) in [7, 11) is -2.76. The van der Waals surface area contributed by atoms with Gasteiger partial charge in [0.15, 0.2) is 6.04 Å². The Morgan fingerprint density at radius 2 is 1.62 bits per heavy atom. The van der Waals surface area contributed by atoms with Crippen molar-refractivity contribution in [2.45, 2.75) is 36.9 Å². The third kappa shape index (κ3) is 6.95. The lowest BCUT2D eigenvalue weighted by atomic mass is 10.0. The summed E-state index contributed by atoms with van der Waals surface area (Å²) in [6.45, 7) is 1.38. The van der Waals surface area contributed by atoms with E-state index in [2.05, 4.69) is 10.1 Å². The number of aliphatic hydroxyl groups excluding tert-OH is 1. The Hall–Kier alpha value is -3.24. The Kier molecular flexibility index (Phi) is 9.82. The van der Waals surface area contributed by atoms with E-state index in [0.717, 1.165) is 12.7 Å². The molecule has 3 aromatic rings. The van der Waals surface area contributed by atoms with Gasteiger partial charge in [-0.3, -0.25) is 4.79 Å². The van der Waals surface area contributed by atoms with Gasteiger partial charge in [-0.1, -0.05) is 61.0 Å². The smallest absolute Gasteiger partial charge is 0.330 e. The number of nitrogens with one attached hydrogen (secondary N) is 1. The molecule has 0 saturated carbocycles. The molecule has 2 unspecified atom stereocenters. The van der Waals surface area contributed by atoms with E-state index in [0.29, 0.717) is 17.0 Å². The number of esters is 1. The minimum absolute atomic E-state index is 0.0572. The molecule has 10 heteroatoms. The molecule has 0 aliphatic heterocycles. The molecule has 2 N–H and O–H groups in total. The highest BCUT2D eigenvalue weighted by atomic mass is 35.5. The number of aliphatic hydroxyl groups is 1. The van der Waals surface area contributed by atoms with Gasteiger partial charge in [-0.25, -0.2) is 13.2 Å². The number of ether oxygens (including phenoxy) is 1. The van der Waals surface area contributed by atoms with E-state index in [9.17, 15) is 23.1 Å². The number of nitrogens with zero attached hydrogens (tertiary/aromatic N) is 1. The van der Waals surface area contributed by atoms with Crippen molar-refractivity contribution in [1.29, 1.82) is 0 Å². The Morgan fingerprint density at radius 1 is 1.00 bits per heavy atom. The summed E-state index contributed by atoms with van der Waals surface area (Å²) in [5, 5.41) is 12.2. The summed E-state index contributed by atoms with van der Waals surface area (Å²) in [6.07, 6.45) is 0.535. The van der Waals surface area contributed by atoms with Crippen LogP contribution < -0.4 is 5.32 Å². The van der Waals surface area contributed by atoms with Crippen molar-refractivity contribution in [2.24, 2.45) is 0 Å². The van der Waals surface area contributed by atoms with Crippen LogP contribution in [0.3, 0.4) is 0 Å². The number of carbonyl (C=O) groups excluding carboxylic acids is 2. The molecule has 3 rings (SSSR count). The third-order valence-electron chi connectivity index (χ3n) is 5.87. The first-order valence-electron chi connectivity index (χ1n) is 11.6. The van der Waals surface area contributed by atoms with Gasteiger partial charge in [0.1, 0.15) is 0 Å². The standard InChI is InChI=1S/C27H29ClN2O6S/c1-3-25(20-7-5-4-6-8-20)30(37(34,35)23-15-13-22(28)14-16-23)17-19-9-11-21(12-10-19)26(32)29-24(18-31)27(33)36-2/h4-16,24-25,31H,3,17-18H2,1-2H3,(H,29,32). The largest absolute Gasteiger partial charge is 0.467 e. The molecule has 0 saturated heterocycles. The number of methoxy groups -OCH3 is 1. The van der Waals surface area contributed by atoms with E-state index in [1.165, 1.54) is 40.7 Å². The normalized spacial score (nSPS) is 13.1. The number of rotatable bonds is 11. The lowest BCUT2D eigenvalue weighted by molar-refractivity contribution is -0.143. The Bertz CT molecular complexity index is 1300. The number of hydrogen-bond donors (Lipinski definition) is 2. The van der Waals surface area contributed by atoms with Gasteiger partial charge in [0.25, 0.3) is 5.91 Å². The molecular weight excluding hydrogens is 516 g/mol. The Labute approximate surface area is 221 Å². The topological polar surface area (TPSA) is 113 Å². The van der Waals surface area contributed by atoms with Gasteiger partial charge >= 0.3 is 5.97 Å². The molecule has 0 heterocycles. The van der Waals surface area contributed by atoms with Crippen LogP contribution in [0, 0.1) is 0 Å². The van der Waals surface area contributed by atoms with Crippen molar-refractivity contribution in [2.75, 3.05) is 13.7 Å². The van der Waals surface area contributed by atoms with Crippen LogP contribution in [0.25, 0.3) is 0 Å². The number of carbonyl (C=O) groups is 2. The average molecular weight is 545 g/mol.